The van der Waals surface area contributed by atoms with E-state index in [1.807, 2.05) is 6.08 Å². The van der Waals surface area contributed by atoms with Gasteiger partial charge in [0.05, 0.1) is 25.4 Å². The van der Waals surface area contributed by atoms with Gasteiger partial charge in [-0.2, -0.15) is 0 Å². The Morgan fingerprint density at radius 2 is 0.837 bits per heavy atom. The highest BCUT2D eigenvalue weighted by Gasteiger charge is 2.47. The zero-order valence-electron chi connectivity index (χ0n) is 54.9. The zero-order chi connectivity index (χ0) is 62.4. The summed E-state index contributed by atoms with van der Waals surface area (Å²) in [5.74, 6) is -1.21. The average molecular weight is 1200 g/mol. The third-order valence-electron chi connectivity index (χ3n) is 15.9. The van der Waals surface area contributed by atoms with Crippen molar-refractivity contribution >= 4 is 11.9 Å². The second-order valence-electron chi connectivity index (χ2n) is 23.9. The topological polar surface area (TPSA) is 175 Å². The number of aliphatic hydroxyl groups is 5. The maximum Gasteiger partial charge on any atom is 0.306 e. The van der Waals surface area contributed by atoms with Gasteiger partial charge in [-0.3, -0.25) is 9.59 Å². The van der Waals surface area contributed by atoms with Crippen molar-refractivity contribution in [3.63, 3.8) is 0 Å². The van der Waals surface area contributed by atoms with Crippen LogP contribution in [0.15, 0.2) is 109 Å². The van der Waals surface area contributed by atoms with E-state index >= 15 is 0 Å². The van der Waals surface area contributed by atoms with Crippen LogP contribution in [0.5, 0.6) is 0 Å². The molecule has 0 aromatic carbocycles. The zero-order valence-corrected chi connectivity index (χ0v) is 54.9. The molecule has 0 saturated carbocycles. The molecule has 1 aliphatic rings. The summed E-state index contributed by atoms with van der Waals surface area (Å²) in [6, 6.07) is -1.04. The highest BCUT2D eigenvalue weighted by atomic mass is 16.7. The van der Waals surface area contributed by atoms with Crippen LogP contribution in [0.1, 0.15) is 290 Å². The number of carbonyl (C=O) groups is 2. The van der Waals surface area contributed by atoms with Gasteiger partial charge in [-0.25, -0.2) is 0 Å². The Labute approximate surface area is 526 Å². The SMILES string of the molecule is CC/C=C\C/C=C\C/C=C\C/C=C\C/C=C\C/C=C\CCCCCCCC(O)C(=O)NC(COC1OC(CO)C(O)C(O)C1OC(=O)CCCCCCCCCCCCC/C=C\C/C=C\CCCCC)C(O)/C=C/CCCCCCCCCCCC. The predicted octanol–water partition coefficient (Wildman–Crippen LogP) is 18.0. The number of allylic oxidation sites excluding steroid dienone is 17. The Morgan fingerprint density at radius 3 is 1.28 bits per heavy atom. The van der Waals surface area contributed by atoms with Gasteiger partial charge in [0, 0.05) is 6.42 Å². The van der Waals surface area contributed by atoms with Gasteiger partial charge >= 0.3 is 5.97 Å². The van der Waals surface area contributed by atoms with Crippen molar-refractivity contribution in [1.29, 1.82) is 0 Å². The van der Waals surface area contributed by atoms with E-state index in [2.05, 4.69) is 123 Å². The van der Waals surface area contributed by atoms with E-state index in [0.29, 0.717) is 12.8 Å². The van der Waals surface area contributed by atoms with Gasteiger partial charge in [-0.1, -0.05) is 284 Å². The van der Waals surface area contributed by atoms with Crippen LogP contribution in [-0.4, -0.2) is 99.6 Å². The van der Waals surface area contributed by atoms with Gasteiger partial charge in [-0.15, -0.1) is 0 Å². The molecule has 494 valence electrons. The quantitative estimate of drug-likeness (QED) is 0.0195. The molecule has 0 radical (unpaired) electrons. The highest BCUT2D eigenvalue weighted by Crippen LogP contribution is 2.26. The van der Waals surface area contributed by atoms with Crippen LogP contribution < -0.4 is 5.32 Å². The average Bonchev–Trinajstić information content (AvgIpc) is 3.68. The lowest BCUT2D eigenvalue weighted by Crippen LogP contribution is -2.61. The summed E-state index contributed by atoms with van der Waals surface area (Å²) in [7, 11) is 0. The van der Waals surface area contributed by atoms with Gasteiger partial charge < -0.3 is 45.1 Å². The predicted molar refractivity (Wildman–Crippen MR) is 361 cm³/mol. The maximum absolute atomic E-state index is 13.5. The molecule has 11 heteroatoms. The van der Waals surface area contributed by atoms with Crippen molar-refractivity contribution < 1.29 is 49.3 Å². The molecule has 1 aliphatic heterocycles. The number of hydrogen-bond acceptors (Lipinski definition) is 10. The van der Waals surface area contributed by atoms with Crippen LogP contribution >= 0.6 is 0 Å². The van der Waals surface area contributed by atoms with Crippen LogP contribution in [-0.2, 0) is 23.8 Å². The van der Waals surface area contributed by atoms with E-state index in [1.165, 1.54) is 128 Å². The first-order chi connectivity index (χ1) is 42.2. The molecule has 1 fully saturated rings. The number of amides is 1. The van der Waals surface area contributed by atoms with Crippen molar-refractivity contribution in [2.24, 2.45) is 0 Å². The third kappa shape index (κ3) is 48.3. The number of aliphatic hydroxyl groups excluding tert-OH is 5. The largest absolute Gasteiger partial charge is 0.454 e. The normalized spacial score (nSPS) is 19.0. The minimum atomic E-state index is -1.62. The van der Waals surface area contributed by atoms with E-state index < -0.39 is 67.4 Å². The number of rotatable bonds is 59. The monoisotopic (exact) mass is 1200 g/mol. The third-order valence-corrected chi connectivity index (χ3v) is 15.9. The number of esters is 1. The van der Waals surface area contributed by atoms with Crippen molar-refractivity contribution in [1.82, 2.24) is 5.32 Å². The molecule has 86 heavy (non-hydrogen) atoms. The molecule has 1 rings (SSSR count). The summed E-state index contributed by atoms with van der Waals surface area (Å²) < 4.78 is 17.7. The van der Waals surface area contributed by atoms with Crippen LogP contribution in [0, 0.1) is 0 Å². The fourth-order valence-corrected chi connectivity index (χ4v) is 10.4. The molecule has 0 aromatic rings. The summed E-state index contributed by atoms with van der Waals surface area (Å²) >= 11 is 0. The van der Waals surface area contributed by atoms with Crippen molar-refractivity contribution in [2.75, 3.05) is 13.2 Å². The molecule has 0 spiro atoms. The lowest BCUT2D eigenvalue weighted by Gasteiger charge is -2.41. The van der Waals surface area contributed by atoms with Gasteiger partial charge in [0.15, 0.2) is 12.4 Å². The summed E-state index contributed by atoms with van der Waals surface area (Å²) in [6.45, 7) is 5.66. The summed E-state index contributed by atoms with van der Waals surface area (Å²) in [4.78, 5) is 26.7. The van der Waals surface area contributed by atoms with Crippen molar-refractivity contribution in [2.45, 2.75) is 339 Å². The van der Waals surface area contributed by atoms with E-state index in [4.69, 9.17) is 14.2 Å². The Hall–Kier alpha value is -3.68. The second-order valence-corrected chi connectivity index (χ2v) is 23.9. The van der Waals surface area contributed by atoms with Crippen LogP contribution in [0.4, 0.5) is 0 Å². The molecule has 6 N–H and O–H groups in total. The lowest BCUT2D eigenvalue weighted by atomic mass is 9.99. The molecule has 0 aromatic heterocycles. The standard InChI is InChI=1S/C75H129NO10/c1-4-7-10-13-16-19-22-25-27-29-31-33-34-35-37-38-40-42-44-47-50-53-56-59-62-68(79)74(83)76-66(67(78)61-58-55-52-49-46-24-21-18-15-12-9-6-3)65-84-75-73(72(82)71(81)69(64-77)85-75)86-70(80)63-60-57-54-51-48-45-43-41-39-36-32-30-28-26-23-20-17-14-11-8-5-2/h7,10,16-17,19-20,25-28,31,33,35,37,40,42,58,61,66-69,71-73,75,77-79,81-82H,4-6,8-9,11-15,18,21-24,29-30,32,34,36,38-39,41,43-57,59-60,62-65H2,1-3H3,(H,76,83)/b10-7-,19-16-,20-17-,27-25-,28-26-,33-31-,37-35-,42-40-,61-58+. The van der Waals surface area contributed by atoms with E-state index in [9.17, 15) is 35.1 Å². The van der Waals surface area contributed by atoms with Gasteiger partial charge in [-0.05, 0) is 109 Å². The van der Waals surface area contributed by atoms with Crippen LogP contribution in [0.25, 0.3) is 0 Å². The van der Waals surface area contributed by atoms with Gasteiger partial charge in [0.2, 0.25) is 5.91 Å². The molecule has 0 bridgehead atoms. The second kappa shape index (κ2) is 61.6. The summed E-state index contributed by atoms with van der Waals surface area (Å²) in [5, 5.41) is 57.2. The molecule has 1 amide bonds. The van der Waals surface area contributed by atoms with E-state index in [1.54, 1.807) is 6.08 Å². The number of carbonyl (C=O) groups excluding carboxylic acids is 2. The number of hydrogen-bond donors (Lipinski definition) is 6. The smallest absolute Gasteiger partial charge is 0.306 e. The molecule has 1 saturated heterocycles. The van der Waals surface area contributed by atoms with Crippen LogP contribution in [0.3, 0.4) is 0 Å². The molecule has 8 atom stereocenters. The number of ether oxygens (including phenoxy) is 3. The fourth-order valence-electron chi connectivity index (χ4n) is 10.4. The molecule has 0 aliphatic carbocycles. The Bertz CT molecular complexity index is 1820. The van der Waals surface area contributed by atoms with E-state index in [-0.39, 0.29) is 19.4 Å². The summed E-state index contributed by atoms with van der Waals surface area (Å²) in [5.41, 5.74) is 0. The Balaban J connectivity index is 2.61. The fraction of sp³-hybridized carbons (Fsp3) is 0.733. The van der Waals surface area contributed by atoms with Crippen molar-refractivity contribution in [3.8, 4) is 0 Å². The molecular weight excluding hydrogens is 1070 g/mol. The minimum absolute atomic E-state index is 0.115. The maximum atomic E-state index is 13.5. The van der Waals surface area contributed by atoms with Crippen molar-refractivity contribution in [3.05, 3.63) is 109 Å². The Morgan fingerprint density at radius 1 is 0.465 bits per heavy atom. The highest BCUT2D eigenvalue weighted by molar-refractivity contribution is 5.80. The summed E-state index contributed by atoms with van der Waals surface area (Å²) in [6.07, 6.45) is 74.0. The first-order valence-corrected chi connectivity index (χ1v) is 35.2. The molecule has 8 unspecified atom stereocenters. The first kappa shape index (κ1) is 80.3. The number of nitrogens with one attached hydrogen (secondary N) is 1. The number of unbranched alkanes of at least 4 members (excludes halogenated alkanes) is 29. The van der Waals surface area contributed by atoms with E-state index in [0.717, 1.165) is 116 Å². The molecule has 1 heterocycles. The molecular formula is C75H129NO10. The van der Waals surface area contributed by atoms with Gasteiger partial charge in [0.1, 0.15) is 24.4 Å². The Kier molecular flexibility index (Phi) is 57.5. The molecule has 11 nitrogen and oxygen atoms in total. The van der Waals surface area contributed by atoms with Gasteiger partial charge in [0.25, 0.3) is 0 Å². The van der Waals surface area contributed by atoms with Crippen LogP contribution in [0.2, 0.25) is 0 Å². The lowest BCUT2D eigenvalue weighted by molar-refractivity contribution is -0.305. The first-order valence-electron chi connectivity index (χ1n) is 35.2. The minimum Gasteiger partial charge on any atom is -0.454 e.